The van der Waals surface area contributed by atoms with Crippen LogP contribution in [0.1, 0.15) is 49.5 Å². The molecule has 1 aliphatic heterocycles. The third-order valence-corrected chi connectivity index (χ3v) is 6.58. The van der Waals surface area contributed by atoms with E-state index in [1.54, 1.807) is 20.1 Å². The van der Waals surface area contributed by atoms with E-state index in [9.17, 15) is 19.5 Å². The van der Waals surface area contributed by atoms with Crippen LogP contribution in [-0.4, -0.2) is 64.3 Å². The monoisotopic (exact) mass is 405 g/mol. The van der Waals surface area contributed by atoms with Crippen LogP contribution in [0, 0.1) is 5.92 Å². The first-order valence-corrected chi connectivity index (χ1v) is 10.3. The number of ether oxygens (including phenoxy) is 1. The molecule has 2 N–H and O–H groups in total. The Kier molecular flexibility index (Phi) is 6.43. The quantitative estimate of drug-likeness (QED) is 0.750. The Morgan fingerprint density at radius 2 is 1.97 bits per heavy atom. The summed E-state index contributed by atoms with van der Waals surface area (Å²) in [7, 11) is 3.19. The lowest BCUT2D eigenvalue weighted by Crippen LogP contribution is -2.58. The van der Waals surface area contributed by atoms with Gasteiger partial charge in [0.1, 0.15) is 5.69 Å². The van der Waals surface area contributed by atoms with E-state index in [0.29, 0.717) is 25.9 Å². The van der Waals surface area contributed by atoms with E-state index in [2.05, 4.69) is 5.32 Å². The molecule has 0 spiro atoms. The van der Waals surface area contributed by atoms with Crippen molar-refractivity contribution in [2.24, 2.45) is 13.0 Å². The second kappa shape index (κ2) is 8.67. The van der Waals surface area contributed by atoms with Gasteiger partial charge in [0.2, 0.25) is 5.91 Å². The van der Waals surface area contributed by atoms with Gasteiger partial charge >= 0.3 is 0 Å². The van der Waals surface area contributed by atoms with Crippen molar-refractivity contribution in [2.75, 3.05) is 20.2 Å². The van der Waals surface area contributed by atoms with Crippen LogP contribution in [0.5, 0.6) is 0 Å². The molecule has 2 fully saturated rings. The molecule has 3 atom stereocenters. The Morgan fingerprint density at radius 1 is 1.28 bits per heavy atom. The zero-order valence-electron chi connectivity index (χ0n) is 17.4. The predicted molar refractivity (Wildman–Crippen MR) is 108 cm³/mol. The van der Waals surface area contributed by atoms with E-state index in [-0.39, 0.29) is 29.2 Å². The maximum atomic E-state index is 12.8. The average Bonchev–Trinajstić information content (AvgIpc) is 3.18. The number of hydrogen-bond donors (Lipinski definition) is 2. The molecule has 0 bridgehead atoms. The van der Waals surface area contributed by atoms with Gasteiger partial charge in [-0.15, -0.1) is 0 Å². The molecule has 1 aromatic rings. The van der Waals surface area contributed by atoms with Gasteiger partial charge in [-0.1, -0.05) is 6.07 Å². The van der Waals surface area contributed by atoms with Crippen molar-refractivity contribution in [3.63, 3.8) is 0 Å². The predicted octanol–water partition coefficient (Wildman–Crippen LogP) is 0.672. The minimum Gasteiger partial charge on any atom is -0.388 e. The zero-order valence-corrected chi connectivity index (χ0v) is 17.4. The van der Waals surface area contributed by atoms with Gasteiger partial charge < -0.3 is 24.6 Å². The first kappa shape index (κ1) is 21.5. The SMILES string of the molecule is COC1CCCC1C(=O)N1CCC(O)(C(C)NC(=O)c2cccc(=O)n2C)CC1. The number of piperidine rings is 1. The summed E-state index contributed by atoms with van der Waals surface area (Å²) in [6, 6.07) is 3.99. The Labute approximate surface area is 170 Å². The summed E-state index contributed by atoms with van der Waals surface area (Å²) < 4.78 is 6.73. The van der Waals surface area contributed by atoms with Crippen molar-refractivity contribution < 1.29 is 19.4 Å². The van der Waals surface area contributed by atoms with Gasteiger partial charge in [-0.3, -0.25) is 14.4 Å². The van der Waals surface area contributed by atoms with Gasteiger partial charge in [0.25, 0.3) is 11.5 Å². The molecular formula is C21H31N3O5. The number of rotatable bonds is 5. The largest absolute Gasteiger partial charge is 0.388 e. The lowest BCUT2D eigenvalue weighted by Gasteiger charge is -2.42. The maximum Gasteiger partial charge on any atom is 0.268 e. The molecular weight excluding hydrogens is 374 g/mol. The first-order chi connectivity index (χ1) is 13.8. The van der Waals surface area contributed by atoms with E-state index >= 15 is 0 Å². The van der Waals surface area contributed by atoms with E-state index in [1.165, 1.54) is 23.7 Å². The summed E-state index contributed by atoms with van der Waals surface area (Å²) >= 11 is 0. The van der Waals surface area contributed by atoms with Crippen LogP contribution >= 0.6 is 0 Å². The lowest BCUT2D eigenvalue weighted by molar-refractivity contribution is -0.144. The highest BCUT2D eigenvalue weighted by Crippen LogP contribution is 2.32. The molecule has 2 amide bonds. The van der Waals surface area contributed by atoms with Gasteiger partial charge in [0.15, 0.2) is 0 Å². The van der Waals surface area contributed by atoms with Crippen LogP contribution in [0.2, 0.25) is 0 Å². The molecule has 0 aromatic carbocycles. The number of methoxy groups -OCH3 is 1. The average molecular weight is 405 g/mol. The van der Waals surface area contributed by atoms with Crippen LogP contribution in [0.3, 0.4) is 0 Å². The number of nitrogens with one attached hydrogen (secondary N) is 1. The smallest absolute Gasteiger partial charge is 0.268 e. The van der Waals surface area contributed by atoms with Crippen LogP contribution in [0.25, 0.3) is 0 Å². The van der Waals surface area contributed by atoms with E-state index < -0.39 is 17.6 Å². The second-order valence-corrected chi connectivity index (χ2v) is 8.24. The number of hydrogen-bond acceptors (Lipinski definition) is 5. The molecule has 2 heterocycles. The highest BCUT2D eigenvalue weighted by Gasteiger charge is 2.42. The summed E-state index contributed by atoms with van der Waals surface area (Å²) in [4.78, 5) is 39.0. The maximum absolute atomic E-state index is 12.8. The number of amides is 2. The molecule has 1 aromatic heterocycles. The van der Waals surface area contributed by atoms with Gasteiger partial charge in [-0.2, -0.15) is 0 Å². The van der Waals surface area contributed by atoms with E-state index in [4.69, 9.17) is 4.74 Å². The molecule has 8 nitrogen and oxygen atoms in total. The zero-order chi connectivity index (χ0) is 21.2. The molecule has 1 saturated carbocycles. The summed E-state index contributed by atoms with van der Waals surface area (Å²) in [5.74, 6) is -0.395. The van der Waals surface area contributed by atoms with Crippen molar-refractivity contribution in [1.29, 1.82) is 0 Å². The molecule has 0 radical (unpaired) electrons. The third-order valence-electron chi connectivity index (χ3n) is 6.58. The van der Waals surface area contributed by atoms with Crippen molar-refractivity contribution in [3.05, 3.63) is 34.2 Å². The summed E-state index contributed by atoms with van der Waals surface area (Å²) in [5, 5.41) is 13.9. The molecule has 3 unspecified atom stereocenters. The molecule has 8 heteroatoms. The molecule has 29 heavy (non-hydrogen) atoms. The Balaban J connectivity index is 1.59. The molecule has 2 aliphatic rings. The summed E-state index contributed by atoms with van der Waals surface area (Å²) in [6.07, 6.45) is 3.52. The fraction of sp³-hybridized carbons (Fsp3) is 0.667. The van der Waals surface area contributed by atoms with Crippen molar-refractivity contribution >= 4 is 11.8 Å². The highest BCUT2D eigenvalue weighted by molar-refractivity contribution is 5.92. The van der Waals surface area contributed by atoms with Crippen molar-refractivity contribution in [3.8, 4) is 0 Å². The Bertz CT molecular complexity index is 813. The number of carbonyl (C=O) groups excluding carboxylic acids is 2. The van der Waals surface area contributed by atoms with E-state index in [1.807, 2.05) is 4.90 Å². The van der Waals surface area contributed by atoms with E-state index in [0.717, 1.165) is 19.3 Å². The number of pyridine rings is 1. The van der Waals surface area contributed by atoms with Crippen molar-refractivity contribution in [2.45, 2.75) is 56.8 Å². The topological polar surface area (TPSA) is 101 Å². The lowest BCUT2D eigenvalue weighted by atomic mass is 9.84. The summed E-state index contributed by atoms with van der Waals surface area (Å²) in [5.41, 5.74) is -1.12. The minimum atomic E-state index is -1.10. The second-order valence-electron chi connectivity index (χ2n) is 8.24. The summed E-state index contributed by atoms with van der Waals surface area (Å²) in [6.45, 7) is 2.66. The highest BCUT2D eigenvalue weighted by atomic mass is 16.5. The number of likely N-dealkylation sites (tertiary alicyclic amines) is 1. The van der Waals surface area contributed by atoms with Gasteiger partial charge in [0, 0.05) is 33.3 Å². The molecule has 1 saturated heterocycles. The fourth-order valence-electron chi connectivity index (χ4n) is 4.47. The van der Waals surface area contributed by atoms with Crippen molar-refractivity contribution in [1.82, 2.24) is 14.8 Å². The van der Waals surface area contributed by atoms with Crippen LogP contribution in [0.4, 0.5) is 0 Å². The fourth-order valence-corrected chi connectivity index (χ4v) is 4.47. The van der Waals surface area contributed by atoms with Gasteiger partial charge in [-0.25, -0.2) is 0 Å². The molecule has 3 rings (SSSR count). The van der Waals surface area contributed by atoms with Gasteiger partial charge in [0.05, 0.1) is 23.7 Å². The van der Waals surface area contributed by atoms with Gasteiger partial charge in [-0.05, 0) is 45.1 Å². The Morgan fingerprint density at radius 3 is 2.62 bits per heavy atom. The van der Waals surface area contributed by atoms with Crippen LogP contribution in [-0.2, 0) is 16.6 Å². The number of aliphatic hydroxyl groups is 1. The molecule has 1 aliphatic carbocycles. The first-order valence-electron chi connectivity index (χ1n) is 10.3. The minimum absolute atomic E-state index is 0.0148. The number of carbonyl (C=O) groups is 2. The third kappa shape index (κ3) is 4.38. The normalized spacial score (nSPS) is 24.9. The molecule has 160 valence electrons. The number of aromatic nitrogens is 1. The van der Waals surface area contributed by atoms with Crippen LogP contribution < -0.4 is 10.9 Å². The van der Waals surface area contributed by atoms with Crippen LogP contribution in [0.15, 0.2) is 23.0 Å². The standard InChI is InChI=1S/C21H31N3O5/c1-14(22-19(26)16-7-5-9-18(25)23(16)2)21(28)10-12-24(13-11-21)20(27)15-6-4-8-17(15)29-3/h5,7,9,14-15,17,28H,4,6,8,10-13H2,1-3H3,(H,22,26). The number of nitrogens with zero attached hydrogens (tertiary/aromatic N) is 2. The Hall–Kier alpha value is -2.19.